The van der Waals surface area contributed by atoms with Gasteiger partial charge in [-0.05, 0) is 40.0 Å². The van der Waals surface area contributed by atoms with Crippen LogP contribution in [0.5, 0.6) is 0 Å². The molecule has 0 aromatic heterocycles. The first-order valence-electron chi connectivity index (χ1n) is 6.56. The lowest BCUT2D eigenvalue weighted by atomic mass is 10.1. The topological polar surface area (TPSA) is 55.8 Å². The van der Waals surface area contributed by atoms with Gasteiger partial charge in [0.25, 0.3) is 0 Å². The van der Waals surface area contributed by atoms with E-state index in [1.165, 1.54) is 0 Å². The van der Waals surface area contributed by atoms with Gasteiger partial charge in [-0.3, -0.25) is 4.79 Å². The Morgan fingerprint density at radius 2 is 2.11 bits per heavy atom. The SMILES string of the molecule is CC(C)(C)OC(=O)N1CCC[C@H]1[C@@H]1CCC(=O)O1. The molecule has 2 heterocycles. The van der Waals surface area contributed by atoms with Gasteiger partial charge in [0.05, 0.1) is 6.04 Å². The Morgan fingerprint density at radius 3 is 2.67 bits per heavy atom. The first kappa shape index (κ1) is 13.2. The van der Waals surface area contributed by atoms with Gasteiger partial charge >= 0.3 is 12.1 Å². The maximum Gasteiger partial charge on any atom is 0.410 e. The summed E-state index contributed by atoms with van der Waals surface area (Å²) < 4.78 is 10.7. The second-order valence-corrected chi connectivity index (χ2v) is 5.95. The van der Waals surface area contributed by atoms with Crippen molar-refractivity contribution >= 4 is 12.1 Å². The summed E-state index contributed by atoms with van der Waals surface area (Å²) in [5, 5.41) is 0. The third kappa shape index (κ3) is 2.94. The number of hydrogen-bond acceptors (Lipinski definition) is 4. The molecular formula is C13H21NO4. The molecule has 1 amide bonds. The molecule has 0 bridgehead atoms. The van der Waals surface area contributed by atoms with Crippen molar-refractivity contribution in [3.05, 3.63) is 0 Å². The van der Waals surface area contributed by atoms with Crippen LogP contribution in [0, 0.1) is 0 Å². The molecule has 0 saturated carbocycles. The Morgan fingerprint density at radius 1 is 1.39 bits per heavy atom. The molecule has 0 unspecified atom stereocenters. The van der Waals surface area contributed by atoms with E-state index in [1.54, 1.807) is 4.90 Å². The highest BCUT2D eigenvalue weighted by Gasteiger charge is 2.41. The smallest absolute Gasteiger partial charge is 0.410 e. The minimum Gasteiger partial charge on any atom is -0.460 e. The molecule has 0 aromatic carbocycles. The summed E-state index contributed by atoms with van der Waals surface area (Å²) in [5.74, 6) is -0.156. The van der Waals surface area contributed by atoms with Gasteiger partial charge in [-0.15, -0.1) is 0 Å². The number of ether oxygens (including phenoxy) is 2. The van der Waals surface area contributed by atoms with Crippen LogP contribution < -0.4 is 0 Å². The van der Waals surface area contributed by atoms with Crippen LogP contribution in [0.25, 0.3) is 0 Å². The highest BCUT2D eigenvalue weighted by atomic mass is 16.6. The molecule has 18 heavy (non-hydrogen) atoms. The largest absolute Gasteiger partial charge is 0.460 e. The van der Waals surface area contributed by atoms with E-state index >= 15 is 0 Å². The van der Waals surface area contributed by atoms with Gasteiger partial charge in [0.2, 0.25) is 0 Å². The van der Waals surface area contributed by atoms with Crippen LogP contribution in [0.3, 0.4) is 0 Å². The normalized spacial score (nSPS) is 28.4. The molecule has 0 N–H and O–H groups in total. The maximum atomic E-state index is 12.1. The summed E-state index contributed by atoms with van der Waals surface area (Å²) in [6.07, 6.45) is 2.56. The van der Waals surface area contributed by atoms with Crippen molar-refractivity contribution in [2.45, 2.75) is 64.2 Å². The summed E-state index contributed by atoms with van der Waals surface area (Å²) in [6, 6.07) is -0.00806. The van der Waals surface area contributed by atoms with E-state index < -0.39 is 5.60 Å². The van der Waals surface area contributed by atoms with Crippen LogP contribution in [-0.4, -0.2) is 41.3 Å². The summed E-state index contributed by atoms with van der Waals surface area (Å²) >= 11 is 0. The zero-order valence-corrected chi connectivity index (χ0v) is 11.3. The minimum absolute atomic E-state index is 0.00806. The molecular weight excluding hydrogens is 234 g/mol. The number of hydrogen-bond donors (Lipinski definition) is 0. The monoisotopic (exact) mass is 255 g/mol. The number of likely N-dealkylation sites (tertiary alicyclic amines) is 1. The van der Waals surface area contributed by atoms with Gasteiger partial charge in [0, 0.05) is 13.0 Å². The molecule has 102 valence electrons. The van der Waals surface area contributed by atoms with Gasteiger partial charge in [-0.1, -0.05) is 0 Å². The number of amides is 1. The Balaban J connectivity index is 1.99. The molecule has 0 aromatic rings. The second kappa shape index (κ2) is 4.78. The summed E-state index contributed by atoms with van der Waals surface area (Å²) in [5.41, 5.74) is -0.490. The number of cyclic esters (lactones) is 1. The molecule has 2 aliphatic heterocycles. The predicted octanol–water partition coefficient (Wildman–Crippen LogP) is 2.09. The molecule has 2 fully saturated rings. The van der Waals surface area contributed by atoms with Crippen molar-refractivity contribution in [2.24, 2.45) is 0 Å². The van der Waals surface area contributed by atoms with Crippen LogP contribution in [-0.2, 0) is 14.3 Å². The molecule has 2 aliphatic rings. The van der Waals surface area contributed by atoms with Crippen LogP contribution in [0.15, 0.2) is 0 Å². The zero-order valence-electron chi connectivity index (χ0n) is 11.3. The van der Waals surface area contributed by atoms with Crippen LogP contribution >= 0.6 is 0 Å². The Kier molecular flexibility index (Phi) is 3.50. The van der Waals surface area contributed by atoms with Crippen molar-refractivity contribution < 1.29 is 19.1 Å². The number of nitrogens with zero attached hydrogens (tertiary/aromatic N) is 1. The van der Waals surface area contributed by atoms with E-state index in [0.29, 0.717) is 19.4 Å². The van der Waals surface area contributed by atoms with Gasteiger partial charge in [0.1, 0.15) is 11.7 Å². The van der Waals surface area contributed by atoms with Crippen LogP contribution in [0.2, 0.25) is 0 Å². The van der Waals surface area contributed by atoms with Gasteiger partial charge in [-0.2, -0.15) is 0 Å². The quantitative estimate of drug-likeness (QED) is 0.673. The summed E-state index contributed by atoms with van der Waals surface area (Å²) in [6.45, 7) is 6.25. The van der Waals surface area contributed by atoms with Crippen molar-refractivity contribution in [3.63, 3.8) is 0 Å². The lowest BCUT2D eigenvalue weighted by Gasteiger charge is -2.30. The van der Waals surface area contributed by atoms with E-state index in [4.69, 9.17) is 9.47 Å². The third-order valence-corrected chi connectivity index (χ3v) is 3.27. The highest BCUT2D eigenvalue weighted by molar-refractivity contribution is 5.72. The van der Waals surface area contributed by atoms with Crippen molar-refractivity contribution in [1.29, 1.82) is 0 Å². The van der Waals surface area contributed by atoms with E-state index in [0.717, 1.165) is 12.8 Å². The molecule has 2 saturated heterocycles. The molecule has 0 spiro atoms. The van der Waals surface area contributed by atoms with Crippen LogP contribution in [0.4, 0.5) is 4.79 Å². The minimum atomic E-state index is -0.490. The molecule has 0 radical (unpaired) electrons. The predicted molar refractivity (Wildman–Crippen MR) is 65.1 cm³/mol. The lowest BCUT2D eigenvalue weighted by Crippen LogP contribution is -2.45. The van der Waals surface area contributed by atoms with Crippen molar-refractivity contribution in [3.8, 4) is 0 Å². The molecule has 2 rings (SSSR count). The Hall–Kier alpha value is -1.26. The Bertz CT molecular complexity index is 347. The maximum absolute atomic E-state index is 12.1. The van der Waals surface area contributed by atoms with Gasteiger partial charge < -0.3 is 14.4 Å². The average Bonchev–Trinajstić information content (AvgIpc) is 2.81. The summed E-state index contributed by atoms with van der Waals surface area (Å²) in [4.78, 5) is 24.9. The van der Waals surface area contributed by atoms with Crippen molar-refractivity contribution in [2.75, 3.05) is 6.54 Å². The zero-order chi connectivity index (χ0) is 13.3. The molecule has 0 aliphatic carbocycles. The molecule has 2 atom stereocenters. The van der Waals surface area contributed by atoms with E-state index in [1.807, 2.05) is 20.8 Å². The number of rotatable bonds is 1. The number of carbonyl (C=O) groups is 2. The van der Waals surface area contributed by atoms with Crippen LogP contribution in [0.1, 0.15) is 46.5 Å². The fourth-order valence-electron chi connectivity index (χ4n) is 2.54. The average molecular weight is 255 g/mol. The fourth-order valence-corrected chi connectivity index (χ4v) is 2.54. The van der Waals surface area contributed by atoms with Crippen molar-refractivity contribution in [1.82, 2.24) is 4.90 Å². The lowest BCUT2D eigenvalue weighted by molar-refractivity contribution is -0.143. The van der Waals surface area contributed by atoms with E-state index in [2.05, 4.69) is 0 Å². The fraction of sp³-hybridized carbons (Fsp3) is 0.846. The standard InChI is InChI=1S/C13H21NO4/c1-13(2,3)18-12(16)14-8-4-5-9(14)10-6-7-11(15)17-10/h9-10H,4-8H2,1-3H3/t9-,10-/m0/s1. The van der Waals surface area contributed by atoms with E-state index in [-0.39, 0.29) is 24.2 Å². The molecule has 5 heteroatoms. The molecule has 5 nitrogen and oxygen atoms in total. The Labute approximate surface area is 107 Å². The number of carbonyl (C=O) groups excluding carboxylic acids is 2. The second-order valence-electron chi connectivity index (χ2n) is 5.95. The van der Waals surface area contributed by atoms with Gasteiger partial charge in [-0.25, -0.2) is 4.79 Å². The van der Waals surface area contributed by atoms with E-state index in [9.17, 15) is 9.59 Å². The van der Waals surface area contributed by atoms with Gasteiger partial charge in [0.15, 0.2) is 0 Å². The number of esters is 1. The highest BCUT2D eigenvalue weighted by Crippen LogP contribution is 2.29. The first-order chi connectivity index (χ1) is 8.37. The summed E-state index contributed by atoms with van der Waals surface area (Å²) in [7, 11) is 0. The first-order valence-corrected chi connectivity index (χ1v) is 6.56. The third-order valence-electron chi connectivity index (χ3n) is 3.27.